The van der Waals surface area contributed by atoms with Crippen LogP contribution in [0.2, 0.25) is 0 Å². The summed E-state index contributed by atoms with van der Waals surface area (Å²) in [6.45, 7) is 2.53. The maximum Gasteiger partial charge on any atom is 0.340 e. The van der Waals surface area contributed by atoms with Crippen molar-refractivity contribution in [2.75, 3.05) is 31.7 Å². The molecule has 142 valence electrons. The Bertz CT molecular complexity index is 728. The minimum absolute atomic E-state index is 0.202. The number of alkyl halides is 1. The van der Waals surface area contributed by atoms with E-state index in [1.54, 1.807) is 0 Å². The van der Waals surface area contributed by atoms with Crippen molar-refractivity contribution in [3.05, 3.63) is 22.6 Å². The Morgan fingerprint density at radius 2 is 2.08 bits per heavy atom. The summed E-state index contributed by atoms with van der Waals surface area (Å²) < 4.78 is 20.6. The van der Waals surface area contributed by atoms with Crippen LogP contribution in [0.4, 0.5) is 15.8 Å². The fourth-order valence-electron chi connectivity index (χ4n) is 4.23. The standard InChI is InChI=1S/C19H26FN2O4/c1-18(14-3-4-14)11-13-9-16(22(24)25-2)15(10-17(13)26-18)21-7-5-19(20,12-23)6-8-21/h9-10,14,23H,3-8,11-12H2,1-2H3/q+1. The largest absolute Gasteiger partial charge is 0.487 e. The molecule has 1 aromatic rings. The smallest absolute Gasteiger partial charge is 0.340 e. The lowest BCUT2D eigenvalue weighted by Crippen LogP contribution is -2.44. The van der Waals surface area contributed by atoms with Gasteiger partial charge in [0, 0.05) is 50.0 Å². The fourth-order valence-corrected chi connectivity index (χ4v) is 4.23. The molecule has 1 atom stereocenters. The van der Waals surface area contributed by atoms with Crippen molar-refractivity contribution in [2.45, 2.75) is 50.3 Å². The first-order valence-electron chi connectivity index (χ1n) is 9.29. The summed E-state index contributed by atoms with van der Waals surface area (Å²) in [6.07, 6.45) is 3.61. The van der Waals surface area contributed by atoms with E-state index in [-0.39, 0.29) is 18.4 Å². The van der Waals surface area contributed by atoms with E-state index >= 15 is 0 Å². The zero-order valence-corrected chi connectivity index (χ0v) is 15.3. The molecule has 7 heteroatoms. The van der Waals surface area contributed by atoms with Crippen molar-refractivity contribution in [3.8, 4) is 5.75 Å². The second-order valence-electron chi connectivity index (χ2n) is 8.05. The Hall–Kier alpha value is -1.89. The van der Waals surface area contributed by atoms with E-state index in [2.05, 4.69) is 6.92 Å². The predicted molar refractivity (Wildman–Crippen MR) is 94.6 cm³/mol. The van der Waals surface area contributed by atoms with Gasteiger partial charge >= 0.3 is 5.69 Å². The number of halogens is 1. The van der Waals surface area contributed by atoms with Crippen molar-refractivity contribution in [1.82, 2.24) is 0 Å². The SMILES string of the molecule is CO[N+](=O)c1cc2c(cc1N1CCC(F)(CO)CC1)OC(C)(C1CC1)C2. The second-order valence-corrected chi connectivity index (χ2v) is 8.05. The summed E-state index contributed by atoms with van der Waals surface area (Å²) in [5.74, 6) is 1.38. The van der Waals surface area contributed by atoms with E-state index in [4.69, 9.17) is 9.57 Å². The van der Waals surface area contributed by atoms with E-state index in [0.717, 1.165) is 17.7 Å². The number of aliphatic hydroxyl groups excluding tert-OH is 1. The van der Waals surface area contributed by atoms with Crippen LogP contribution in [0, 0.1) is 10.8 Å². The van der Waals surface area contributed by atoms with Crippen LogP contribution < -0.4 is 9.64 Å². The van der Waals surface area contributed by atoms with Crippen LogP contribution in [-0.2, 0) is 11.3 Å². The van der Waals surface area contributed by atoms with Crippen LogP contribution in [0.3, 0.4) is 0 Å². The van der Waals surface area contributed by atoms with Crippen LogP contribution >= 0.6 is 0 Å². The van der Waals surface area contributed by atoms with Crippen molar-refractivity contribution in [1.29, 1.82) is 0 Å². The average Bonchev–Trinajstić information content (AvgIpc) is 3.44. The minimum Gasteiger partial charge on any atom is -0.487 e. The summed E-state index contributed by atoms with van der Waals surface area (Å²) in [5.41, 5.74) is 0.396. The number of fused-ring (bicyclic) bond motifs is 1. The van der Waals surface area contributed by atoms with Crippen molar-refractivity contribution in [3.63, 3.8) is 0 Å². The zero-order chi connectivity index (χ0) is 18.5. The molecule has 1 aromatic carbocycles. The second kappa shape index (κ2) is 6.08. The molecular formula is C19H26FN2O4+. The van der Waals surface area contributed by atoms with Gasteiger partial charge < -0.3 is 14.7 Å². The Kier molecular flexibility index (Phi) is 4.10. The highest BCUT2D eigenvalue weighted by Gasteiger charge is 2.48. The maximum atomic E-state index is 14.3. The minimum atomic E-state index is -1.53. The summed E-state index contributed by atoms with van der Waals surface area (Å²) in [6, 6.07) is 3.74. The quantitative estimate of drug-likeness (QED) is 0.813. The van der Waals surface area contributed by atoms with E-state index in [9.17, 15) is 14.4 Å². The summed E-state index contributed by atoms with van der Waals surface area (Å²) in [4.78, 5) is 19.7. The number of anilines is 1. The van der Waals surface area contributed by atoms with Crippen molar-refractivity contribution in [2.24, 2.45) is 5.92 Å². The summed E-state index contributed by atoms with van der Waals surface area (Å²) >= 11 is 0. The third-order valence-corrected chi connectivity index (χ3v) is 6.13. The molecule has 1 saturated carbocycles. The number of benzene rings is 1. The van der Waals surface area contributed by atoms with Crippen molar-refractivity contribution < 1.29 is 24.0 Å². The molecule has 3 aliphatic rings. The molecule has 1 aliphatic carbocycles. The van der Waals surface area contributed by atoms with Crippen LogP contribution in [0.1, 0.15) is 38.2 Å². The zero-order valence-electron chi connectivity index (χ0n) is 15.3. The normalized spacial score (nSPS) is 27.0. The molecule has 0 spiro atoms. The fraction of sp³-hybridized carbons (Fsp3) is 0.684. The average molecular weight is 365 g/mol. The van der Waals surface area contributed by atoms with Gasteiger partial charge in [0.15, 0.2) is 7.11 Å². The molecule has 0 amide bonds. The van der Waals surface area contributed by atoms with Gasteiger partial charge in [0.25, 0.3) is 4.92 Å². The molecule has 1 unspecified atom stereocenters. The summed E-state index contributed by atoms with van der Waals surface area (Å²) in [5, 5.41) is 9.24. The van der Waals surface area contributed by atoms with Gasteiger partial charge in [0.05, 0.1) is 11.5 Å². The lowest BCUT2D eigenvalue weighted by atomic mass is 9.92. The van der Waals surface area contributed by atoms with Gasteiger partial charge in [-0.15, -0.1) is 0 Å². The molecule has 0 radical (unpaired) electrons. The van der Waals surface area contributed by atoms with Crippen LogP contribution in [0.15, 0.2) is 12.1 Å². The summed E-state index contributed by atoms with van der Waals surface area (Å²) in [7, 11) is 1.34. The Labute approximate surface area is 152 Å². The molecule has 2 fully saturated rings. The topological polar surface area (TPSA) is 62.0 Å². The van der Waals surface area contributed by atoms with E-state index in [1.165, 1.54) is 20.0 Å². The number of piperidine rings is 1. The van der Waals surface area contributed by atoms with Crippen LogP contribution in [0.5, 0.6) is 5.75 Å². The third kappa shape index (κ3) is 2.92. The van der Waals surface area contributed by atoms with Gasteiger partial charge in [0.1, 0.15) is 22.7 Å². The molecule has 0 aromatic heterocycles. The van der Waals surface area contributed by atoms with Crippen LogP contribution in [-0.4, -0.2) is 48.1 Å². The number of rotatable bonds is 5. The maximum absolute atomic E-state index is 14.3. The van der Waals surface area contributed by atoms with Gasteiger partial charge in [-0.2, -0.15) is 0 Å². The molecular weight excluding hydrogens is 339 g/mol. The number of aliphatic hydroxyl groups is 1. The molecule has 1 saturated heterocycles. The Morgan fingerprint density at radius 1 is 1.38 bits per heavy atom. The molecule has 1 N–H and O–H groups in total. The number of nitrogens with zero attached hydrogens (tertiary/aromatic N) is 2. The first kappa shape index (κ1) is 17.5. The molecule has 4 rings (SSSR count). The van der Waals surface area contributed by atoms with Gasteiger partial charge in [-0.05, 0) is 25.7 Å². The number of ether oxygens (including phenoxy) is 1. The molecule has 2 aliphatic heterocycles. The predicted octanol–water partition coefficient (Wildman–Crippen LogP) is 3.06. The van der Waals surface area contributed by atoms with Gasteiger partial charge in [-0.25, -0.2) is 9.23 Å². The van der Waals surface area contributed by atoms with Gasteiger partial charge in [0.2, 0.25) is 0 Å². The third-order valence-electron chi connectivity index (χ3n) is 6.13. The van der Waals surface area contributed by atoms with Crippen LogP contribution in [0.25, 0.3) is 0 Å². The first-order chi connectivity index (χ1) is 12.4. The van der Waals surface area contributed by atoms with E-state index in [0.29, 0.717) is 35.3 Å². The van der Waals surface area contributed by atoms with E-state index < -0.39 is 12.3 Å². The monoisotopic (exact) mass is 365 g/mol. The van der Waals surface area contributed by atoms with Gasteiger partial charge in [-0.1, -0.05) is 0 Å². The molecule has 6 nitrogen and oxygen atoms in total. The highest BCUT2D eigenvalue weighted by atomic mass is 19.1. The number of hydrogen-bond acceptors (Lipinski definition) is 5. The lowest BCUT2D eigenvalue weighted by molar-refractivity contribution is -0.736. The van der Waals surface area contributed by atoms with E-state index in [1.807, 2.05) is 17.0 Å². The van der Waals surface area contributed by atoms with Gasteiger partial charge in [-0.3, -0.25) is 0 Å². The highest BCUT2D eigenvalue weighted by Crippen LogP contribution is 2.51. The highest BCUT2D eigenvalue weighted by molar-refractivity contribution is 5.69. The Balaban J connectivity index is 1.65. The number of hydrogen-bond donors (Lipinski definition) is 1. The van der Waals surface area contributed by atoms with Crippen molar-refractivity contribution >= 4 is 11.4 Å². The first-order valence-corrected chi connectivity index (χ1v) is 9.29. The molecule has 0 bridgehead atoms. The molecule has 2 heterocycles. The molecule has 26 heavy (non-hydrogen) atoms. The Morgan fingerprint density at radius 3 is 2.65 bits per heavy atom. The lowest BCUT2D eigenvalue weighted by Gasteiger charge is -2.36.